The normalized spacial score (nSPS) is 11.4. The van der Waals surface area contributed by atoms with Crippen LogP contribution >= 0.6 is 11.6 Å². The van der Waals surface area contributed by atoms with Gasteiger partial charge >= 0.3 is 0 Å². The highest BCUT2D eigenvalue weighted by atomic mass is 35.5. The van der Waals surface area contributed by atoms with Gasteiger partial charge in [-0.3, -0.25) is 9.59 Å². The van der Waals surface area contributed by atoms with Crippen molar-refractivity contribution in [3.05, 3.63) is 59.3 Å². The van der Waals surface area contributed by atoms with Crippen LogP contribution in [0.2, 0.25) is 5.02 Å². The minimum atomic E-state index is -0.315. The van der Waals surface area contributed by atoms with Crippen molar-refractivity contribution in [2.45, 2.75) is 119 Å². The smallest absolute Gasteiger partial charge is 0.290 e. The lowest BCUT2D eigenvalue weighted by Gasteiger charge is -2.37. The Bertz CT molecular complexity index is 794. The van der Waals surface area contributed by atoms with E-state index in [1.807, 2.05) is 20.0 Å². The molecule has 1 aromatic carbocycles. The number of rotatable bonds is 13. The summed E-state index contributed by atoms with van der Waals surface area (Å²) in [7, 11) is 0. The summed E-state index contributed by atoms with van der Waals surface area (Å²) in [5.41, 5.74) is 3.18. The zero-order valence-corrected chi connectivity index (χ0v) is 27.2. The third-order valence-electron chi connectivity index (χ3n) is 5.75. The SMILES string of the molecule is C#CC[C@@](CCC)(/C(=C\NC=O)CC(C)C)c1ccc(CCC(C)C)c(Cl)c1.C=C.CC.CCCC.O=CO. The van der Waals surface area contributed by atoms with Crippen molar-refractivity contribution in [3.8, 4) is 12.3 Å². The monoisotopic (exact) mass is 563 g/mol. The average molecular weight is 564 g/mol. The largest absolute Gasteiger partial charge is 0.483 e. The summed E-state index contributed by atoms with van der Waals surface area (Å²) in [6.45, 7) is 25.1. The molecule has 5 heteroatoms. The van der Waals surface area contributed by atoms with Crippen LogP contribution in [0.15, 0.2) is 43.1 Å². The fraction of sp³-hybridized carbons (Fsp3) is 0.588. The molecule has 4 nitrogen and oxygen atoms in total. The second-order valence-electron chi connectivity index (χ2n) is 9.61. The topological polar surface area (TPSA) is 66.4 Å². The first-order chi connectivity index (χ1) is 18.6. The van der Waals surface area contributed by atoms with Gasteiger partial charge in [0.2, 0.25) is 6.41 Å². The van der Waals surface area contributed by atoms with Crippen LogP contribution < -0.4 is 5.32 Å². The number of carbonyl (C=O) groups is 2. The van der Waals surface area contributed by atoms with E-state index in [4.69, 9.17) is 27.9 Å². The number of benzene rings is 1. The number of carboxylic acid groups (broad SMARTS) is 1. The van der Waals surface area contributed by atoms with Gasteiger partial charge < -0.3 is 10.4 Å². The summed E-state index contributed by atoms with van der Waals surface area (Å²) in [5, 5.41) is 10.5. The van der Waals surface area contributed by atoms with E-state index in [-0.39, 0.29) is 11.9 Å². The molecule has 0 bridgehead atoms. The molecule has 0 saturated carbocycles. The molecule has 1 aromatic rings. The lowest BCUT2D eigenvalue weighted by Crippen LogP contribution is -2.30. The lowest BCUT2D eigenvalue weighted by atomic mass is 9.67. The number of amides is 1. The highest BCUT2D eigenvalue weighted by Gasteiger charge is 2.35. The highest BCUT2D eigenvalue weighted by molar-refractivity contribution is 6.31. The van der Waals surface area contributed by atoms with E-state index in [0.717, 1.165) is 49.1 Å². The minimum absolute atomic E-state index is 0.250. The zero-order chi connectivity index (χ0) is 31.3. The number of halogens is 1. The first-order valence-corrected chi connectivity index (χ1v) is 14.7. The third-order valence-corrected chi connectivity index (χ3v) is 6.10. The summed E-state index contributed by atoms with van der Waals surface area (Å²) in [5.74, 6) is 3.99. The summed E-state index contributed by atoms with van der Waals surface area (Å²) < 4.78 is 0. The van der Waals surface area contributed by atoms with Gasteiger partial charge in [0.1, 0.15) is 0 Å². The van der Waals surface area contributed by atoms with E-state index in [2.05, 4.69) is 91.1 Å². The predicted octanol–water partition coefficient (Wildman–Crippen LogP) is 10.0. The second-order valence-corrected chi connectivity index (χ2v) is 10.0. The Labute approximate surface area is 246 Å². The van der Waals surface area contributed by atoms with Gasteiger partial charge in [-0.05, 0) is 60.3 Å². The van der Waals surface area contributed by atoms with E-state index in [1.165, 1.54) is 24.0 Å². The van der Waals surface area contributed by atoms with E-state index < -0.39 is 0 Å². The standard InChI is InChI=1S/C25H36ClNO.C4H10.C2H6.C2H4.CH2O2/c1-7-13-25(14-8-2,23(15-20(5)6)17-27-18-28)22-12-11-21(24(26)16-22)10-9-19(3)4;1-3-4-2;2*1-2;2-1-3/h1,11-12,16-20H,8-10,13-15H2,2-6H3,(H,27,28);3-4H2,1-2H3;1-2H3;1-2H2;1H,(H,2,3)/b23-17-;;;;/t25-;;;;/m0..../s1. The molecule has 0 saturated heterocycles. The van der Waals surface area contributed by atoms with Crippen LogP contribution in [0.5, 0.6) is 0 Å². The highest BCUT2D eigenvalue weighted by Crippen LogP contribution is 2.43. The lowest BCUT2D eigenvalue weighted by molar-refractivity contribution is -0.122. The molecule has 1 atom stereocenters. The number of allylic oxidation sites excluding steroid dienone is 1. The van der Waals surface area contributed by atoms with Gasteiger partial charge in [-0.1, -0.05) is 105 Å². The number of aryl methyl sites for hydroxylation is 1. The molecule has 0 heterocycles. The van der Waals surface area contributed by atoms with Crippen molar-refractivity contribution in [2.75, 3.05) is 0 Å². The Morgan fingerprint density at radius 1 is 1.08 bits per heavy atom. The molecule has 39 heavy (non-hydrogen) atoms. The molecule has 0 aliphatic carbocycles. The number of carbonyl (C=O) groups excluding carboxylic acids is 1. The van der Waals surface area contributed by atoms with Crippen molar-refractivity contribution in [1.82, 2.24) is 5.32 Å². The fourth-order valence-corrected chi connectivity index (χ4v) is 4.13. The Morgan fingerprint density at radius 3 is 1.97 bits per heavy atom. The van der Waals surface area contributed by atoms with Crippen molar-refractivity contribution in [3.63, 3.8) is 0 Å². The van der Waals surface area contributed by atoms with Crippen LogP contribution in [0, 0.1) is 24.2 Å². The van der Waals surface area contributed by atoms with Crippen molar-refractivity contribution >= 4 is 24.5 Å². The van der Waals surface area contributed by atoms with Crippen LogP contribution in [0.25, 0.3) is 0 Å². The molecular formula is C34H58ClNO3. The van der Waals surface area contributed by atoms with E-state index in [0.29, 0.717) is 18.3 Å². The van der Waals surface area contributed by atoms with Crippen molar-refractivity contribution in [2.24, 2.45) is 11.8 Å². The summed E-state index contributed by atoms with van der Waals surface area (Å²) >= 11 is 6.69. The third kappa shape index (κ3) is 20.1. The molecule has 0 aliphatic rings. The maximum Gasteiger partial charge on any atom is 0.290 e. The summed E-state index contributed by atoms with van der Waals surface area (Å²) in [4.78, 5) is 19.3. The van der Waals surface area contributed by atoms with Gasteiger partial charge in [0, 0.05) is 23.1 Å². The molecule has 0 unspecified atom stereocenters. The molecule has 224 valence electrons. The first kappa shape index (κ1) is 43.5. The number of terminal acetylenes is 1. The van der Waals surface area contributed by atoms with E-state index >= 15 is 0 Å². The summed E-state index contributed by atoms with van der Waals surface area (Å²) in [6, 6.07) is 6.43. The van der Waals surface area contributed by atoms with Gasteiger partial charge in [-0.25, -0.2) is 0 Å². The Morgan fingerprint density at radius 2 is 1.62 bits per heavy atom. The molecular weight excluding hydrogens is 506 g/mol. The van der Waals surface area contributed by atoms with Crippen LogP contribution in [-0.2, 0) is 21.4 Å². The average Bonchev–Trinajstić information content (AvgIpc) is 2.92. The maximum absolute atomic E-state index is 11.0. The van der Waals surface area contributed by atoms with Gasteiger partial charge in [0.15, 0.2) is 0 Å². The Hall–Kier alpha value is -2.51. The number of hydrogen-bond acceptors (Lipinski definition) is 2. The Kier molecular flexibility index (Phi) is 33.5. The molecule has 0 spiro atoms. The summed E-state index contributed by atoms with van der Waals surface area (Å²) in [6.07, 6.45) is 16.5. The molecule has 0 radical (unpaired) electrons. The van der Waals surface area contributed by atoms with Gasteiger partial charge in [0.05, 0.1) is 0 Å². The molecule has 0 aliphatic heterocycles. The van der Waals surface area contributed by atoms with Crippen LogP contribution in [-0.4, -0.2) is 18.0 Å². The Balaban J connectivity index is -0.000000480. The predicted molar refractivity (Wildman–Crippen MR) is 173 cm³/mol. The van der Waals surface area contributed by atoms with Crippen molar-refractivity contribution < 1.29 is 14.7 Å². The molecule has 0 aromatic heterocycles. The fourth-order valence-electron chi connectivity index (χ4n) is 3.85. The van der Waals surface area contributed by atoms with Crippen LogP contribution in [0.4, 0.5) is 0 Å². The van der Waals surface area contributed by atoms with Gasteiger partial charge in [0.25, 0.3) is 6.47 Å². The first-order valence-electron chi connectivity index (χ1n) is 14.3. The van der Waals surface area contributed by atoms with Crippen LogP contribution in [0.1, 0.15) is 118 Å². The quantitative estimate of drug-likeness (QED) is 0.142. The second kappa shape index (κ2) is 30.0. The number of hydrogen-bond donors (Lipinski definition) is 2. The van der Waals surface area contributed by atoms with Crippen LogP contribution in [0.3, 0.4) is 0 Å². The van der Waals surface area contributed by atoms with Gasteiger partial charge in [-0.15, -0.1) is 25.5 Å². The number of unbranched alkanes of at least 4 members (excludes halogenated alkanes) is 1. The van der Waals surface area contributed by atoms with Crippen molar-refractivity contribution in [1.29, 1.82) is 0 Å². The zero-order valence-electron chi connectivity index (χ0n) is 26.4. The molecule has 1 amide bonds. The van der Waals surface area contributed by atoms with E-state index in [9.17, 15) is 4.79 Å². The molecule has 2 N–H and O–H groups in total. The van der Waals surface area contributed by atoms with Gasteiger partial charge in [-0.2, -0.15) is 0 Å². The number of nitrogens with one attached hydrogen (secondary N) is 1. The molecule has 0 fully saturated rings. The molecule has 1 rings (SSSR count). The minimum Gasteiger partial charge on any atom is -0.483 e. The maximum atomic E-state index is 11.0. The van der Waals surface area contributed by atoms with E-state index in [1.54, 1.807) is 0 Å².